The van der Waals surface area contributed by atoms with Crippen molar-refractivity contribution in [2.24, 2.45) is 0 Å². The Labute approximate surface area is 137 Å². The van der Waals surface area contributed by atoms with Crippen LogP contribution in [0.2, 0.25) is 0 Å². The van der Waals surface area contributed by atoms with Crippen molar-refractivity contribution in [2.45, 2.75) is 45.8 Å². The highest BCUT2D eigenvalue weighted by atomic mass is 16.6. The molecule has 1 atom stereocenters. The smallest absolute Gasteiger partial charge is 0.410 e. The summed E-state index contributed by atoms with van der Waals surface area (Å²) in [6.45, 7) is 8.74. The highest BCUT2D eigenvalue weighted by Crippen LogP contribution is 2.18. The van der Waals surface area contributed by atoms with Gasteiger partial charge in [0.15, 0.2) is 5.78 Å². The van der Waals surface area contributed by atoms with E-state index in [-0.39, 0.29) is 24.3 Å². The molecule has 1 aliphatic rings. The molecular formula is C18H25NO4. The molecule has 0 spiro atoms. The fraction of sp³-hybridized carbons (Fsp3) is 0.556. The van der Waals surface area contributed by atoms with Crippen LogP contribution in [-0.2, 0) is 9.47 Å². The summed E-state index contributed by atoms with van der Waals surface area (Å²) in [5.41, 5.74) is 1.21. The van der Waals surface area contributed by atoms with E-state index in [0.717, 1.165) is 5.56 Å². The van der Waals surface area contributed by atoms with Gasteiger partial charge in [0.1, 0.15) is 5.60 Å². The maximum Gasteiger partial charge on any atom is 0.410 e. The Balaban J connectivity index is 2.04. The van der Waals surface area contributed by atoms with E-state index in [1.54, 1.807) is 4.90 Å². The van der Waals surface area contributed by atoms with Crippen LogP contribution in [0.4, 0.5) is 4.79 Å². The van der Waals surface area contributed by atoms with Crippen LogP contribution in [-0.4, -0.2) is 48.2 Å². The number of nitrogens with zero attached hydrogens (tertiary/aromatic N) is 1. The number of ketones is 1. The lowest BCUT2D eigenvalue weighted by atomic mass is 10.0. The maximum atomic E-state index is 12.4. The number of aryl methyl sites for hydroxylation is 1. The molecule has 1 unspecified atom stereocenters. The molecule has 2 rings (SSSR count). The van der Waals surface area contributed by atoms with Crippen LogP contribution in [0.25, 0.3) is 0 Å². The molecule has 0 aromatic heterocycles. The van der Waals surface area contributed by atoms with Crippen molar-refractivity contribution in [3.8, 4) is 0 Å². The minimum atomic E-state index is -0.555. The van der Waals surface area contributed by atoms with Crippen LogP contribution in [0.3, 0.4) is 0 Å². The van der Waals surface area contributed by atoms with Crippen LogP contribution in [0.1, 0.15) is 43.1 Å². The number of Topliss-reactive ketones (excluding diaryl/α,β-unsaturated/α-hetero) is 1. The number of carbonyl (C=O) groups is 2. The zero-order valence-corrected chi connectivity index (χ0v) is 14.3. The number of ether oxygens (including phenoxy) is 2. The molecule has 1 aliphatic heterocycles. The molecule has 0 N–H and O–H groups in total. The Bertz CT molecular complexity index is 559. The number of benzene rings is 1. The van der Waals surface area contributed by atoms with Gasteiger partial charge in [-0.3, -0.25) is 4.79 Å². The number of hydrogen-bond donors (Lipinski definition) is 0. The van der Waals surface area contributed by atoms with E-state index in [2.05, 4.69) is 0 Å². The van der Waals surface area contributed by atoms with Gasteiger partial charge in [0.25, 0.3) is 0 Å². The Kier molecular flexibility index (Phi) is 5.42. The third-order valence-corrected chi connectivity index (χ3v) is 3.65. The Morgan fingerprint density at radius 2 is 1.91 bits per heavy atom. The Hall–Kier alpha value is -1.88. The van der Waals surface area contributed by atoms with Crippen molar-refractivity contribution in [1.29, 1.82) is 0 Å². The van der Waals surface area contributed by atoms with E-state index >= 15 is 0 Å². The van der Waals surface area contributed by atoms with Gasteiger partial charge in [-0.2, -0.15) is 0 Å². The molecule has 1 aromatic rings. The molecule has 5 heteroatoms. The number of morpholine rings is 1. The predicted molar refractivity (Wildman–Crippen MR) is 87.7 cm³/mol. The summed E-state index contributed by atoms with van der Waals surface area (Å²) in [6, 6.07) is 7.18. The number of amides is 1. The molecule has 0 aliphatic carbocycles. The van der Waals surface area contributed by atoms with Crippen LogP contribution in [0.5, 0.6) is 0 Å². The van der Waals surface area contributed by atoms with Crippen LogP contribution >= 0.6 is 0 Å². The maximum absolute atomic E-state index is 12.4. The molecule has 1 fully saturated rings. The minimum Gasteiger partial charge on any atom is -0.444 e. The van der Waals surface area contributed by atoms with E-state index in [1.807, 2.05) is 52.0 Å². The standard InChI is InChI=1S/C18H25NO4/c1-13-5-7-14(8-6-13)16(20)11-15-12-22-10-9-19(15)17(21)23-18(2,3)4/h5-8,15H,9-12H2,1-4H3. The molecule has 1 heterocycles. The molecule has 0 saturated carbocycles. The summed E-state index contributed by atoms with van der Waals surface area (Å²) < 4.78 is 10.9. The fourth-order valence-electron chi connectivity index (χ4n) is 2.46. The minimum absolute atomic E-state index is 0.00839. The zero-order chi connectivity index (χ0) is 17.0. The van der Waals surface area contributed by atoms with E-state index in [4.69, 9.17) is 9.47 Å². The van der Waals surface area contributed by atoms with Gasteiger partial charge >= 0.3 is 6.09 Å². The van der Waals surface area contributed by atoms with Gasteiger partial charge in [-0.15, -0.1) is 0 Å². The SMILES string of the molecule is Cc1ccc(C(=O)CC2COCCN2C(=O)OC(C)(C)C)cc1. The van der Waals surface area contributed by atoms with Gasteiger partial charge < -0.3 is 14.4 Å². The van der Waals surface area contributed by atoms with Crippen molar-refractivity contribution in [2.75, 3.05) is 19.8 Å². The molecule has 0 bridgehead atoms. The lowest BCUT2D eigenvalue weighted by Crippen LogP contribution is -2.51. The van der Waals surface area contributed by atoms with Crippen molar-refractivity contribution in [3.05, 3.63) is 35.4 Å². The van der Waals surface area contributed by atoms with Crippen molar-refractivity contribution in [1.82, 2.24) is 4.90 Å². The monoisotopic (exact) mass is 319 g/mol. The van der Waals surface area contributed by atoms with Crippen molar-refractivity contribution < 1.29 is 19.1 Å². The number of rotatable bonds is 3. The summed E-state index contributed by atoms with van der Waals surface area (Å²) in [7, 11) is 0. The first-order valence-corrected chi connectivity index (χ1v) is 7.93. The van der Waals surface area contributed by atoms with Gasteiger partial charge in [-0.25, -0.2) is 4.79 Å². The van der Waals surface area contributed by atoms with E-state index < -0.39 is 5.60 Å². The average molecular weight is 319 g/mol. The molecule has 1 amide bonds. The third-order valence-electron chi connectivity index (χ3n) is 3.65. The largest absolute Gasteiger partial charge is 0.444 e. The van der Waals surface area contributed by atoms with Gasteiger partial charge in [0.05, 0.1) is 19.3 Å². The summed E-state index contributed by atoms with van der Waals surface area (Å²) in [6.07, 6.45) is -0.148. The zero-order valence-electron chi connectivity index (χ0n) is 14.3. The average Bonchev–Trinajstić information content (AvgIpc) is 2.46. The van der Waals surface area contributed by atoms with Crippen LogP contribution < -0.4 is 0 Å². The molecule has 23 heavy (non-hydrogen) atoms. The summed E-state index contributed by atoms with van der Waals surface area (Å²) >= 11 is 0. The van der Waals surface area contributed by atoms with Crippen LogP contribution in [0, 0.1) is 6.92 Å². The van der Waals surface area contributed by atoms with Gasteiger partial charge in [-0.05, 0) is 27.7 Å². The first-order valence-electron chi connectivity index (χ1n) is 7.93. The number of hydrogen-bond acceptors (Lipinski definition) is 4. The second kappa shape index (κ2) is 7.13. The molecule has 126 valence electrons. The fourth-order valence-corrected chi connectivity index (χ4v) is 2.46. The third kappa shape index (κ3) is 5.06. The Morgan fingerprint density at radius 3 is 2.52 bits per heavy atom. The lowest BCUT2D eigenvalue weighted by molar-refractivity contribution is -0.0322. The molecule has 0 radical (unpaired) electrons. The summed E-state index contributed by atoms with van der Waals surface area (Å²) in [5.74, 6) is 0.00839. The second-order valence-electron chi connectivity index (χ2n) is 6.90. The lowest BCUT2D eigenvalue weighted by Gasteiger charge is -2.36. The highest BCUT2D eigenvalue weighted by Gasteiger charge is 2.32. The van der Waals surface area contributed by atoms with Gasteiger partial charge in [-0.1, -0.05) is 29.8 Å². The quantitative estimate of drug-likeness (QED) is 0.803. The molecule has 1 aromatic carbocycles. The van der Waals surface area contributed by atoms with E-state index in [9.17, 15) is 9.59 Å². The summed E-state index contributed by atoms with van der Waals surface area (Å²) in [5, 5.41) is 0. The number of carbonyl (C=O) groups excluding carboxylic acids is 2. The van der Waals surface area contributed by atoms with E-state index in [1.165, 1.54) is 0 Å². The summed E-state index contributed by atoms with van der Waals surface area (Å²) in [4.78, 5) is 26.4. The van der Waals surface area contributed by atoms with E-state index in [0.29, 0.717) is 25.3 Å². The molecule has 5 nitrogen and oxygen atoms in total. The molecular weight excluding hydrogens is 294 g/mol. The first-order chi connectivity index (χ1) is 10.8. The molecule has 1 saturated heterocycles. The Morgan fingerprint density at radius 1 is 1.26 bits per heavy atom. The van der Waals surface area contributed by atoms with Crippen molar-refractivity contribution >= 4 is 11.9 Å². The normalized spacial score (nSPS) is 18.6. The highest BCUT2D eigenvalue weighted by molar-refractivity contribution is 5.96. The first kappa shape index (κ1) is 17.5. The van der Waals surface area contributed by atoms with Gasteiger partial charge in [0.2, 0.25) is 0 Å². The van der Waals surface area contributed by atoms with Crippen LogP contribution in [0.15, 0.2) is 24.3 Å². The second-order valence-corrected chi connectivity index (χ2v) is 6.90. The topological polar surface area (TPSA) is 55.8 Å². The van der Waals surface area contributed by atoms with Gasteiger partial charge in [0, 0.05) is 18.5 Å². The van der Waals surface area contributed by atoms with Crippen molar-refractivity contribution in [3.63, 3.8) is 0 Å². The predicted octanol–water partition coefficient (Wildman–Crippen LogP) is 3.20.